The summed E-state index contributed by atoms with van der Waals surface area (Å²) < 4.78 is 0. The molecule has 27 heavy (non-hydrogen) atoms. The van der Waals surface area contributed by atoms with Crippen LogP contribution in [-0.2, 0) is 0 Å². The van der Waals surface area contributed by atoms with E-state index in [2.05, 4.69) is 21.7 Å². The largest absolute Gasteiger partial charge is 0.354 e. The molecule has 0 unspecified atom stereocenters. The van der Waals surface area contributed by atoms with Gasteiger partial charge in [-0.05, 0) is 62.7 Å². The molecule has 5 nitrogen and oxygen atoms in total. The molecule has 0 atom stereocenters. The summed E-state index contributed by atoms with van der Waals surface area (Å²) in [7, 11) is 0. The maximum Gasteiger partial charge on any atom is 0.257 e. The van der Waals surface area contributed by atoms with Crippen LogP contribution in [0, 0.1) is 13.8 Å². The summed E-state index contributed by atoms with van der Waals surface area (Å²) in [6, 6.07) is 14.7. The summed E-state index contributed by atoms with van der Waals surface area (Å²) in [6.07, 6.45) is 3.20. The Balaban J connectivity index is 1.74. The molecule has 0 bridgehead atoms. The molecule has 2 N–H and O–H groups in total. The first-order chi connectivity index (χ1) is 12.9. The number of hydrogen-bond donors (Lipinski definition) is 2. The molecule has 3 aromatic rings. The van der Waals surface area contributed by atoms with E-state index in [0.717, 1.165) is 16.9 Å². The van der Waals surface area contributed by atoms with E-state index in [1.165, 1.54) is 18.7 Å². The van der Waals surface area contributed by atoms with Gasteiger partial charge in [0.25, 0.3) is 5.91 Å². The highest BCUT2D eigenvalue weighted by molar-refractivity contribution is 6.05. The third-order valence-corrected chi connectivity index (χ3v) is 4.21. The van der Waals surface area contributed by atoms with Crippen LogP contribution < -0.4 is 10.6 Å². The average Bonchev–Trinajstić information content (AvgIpc) is 2.65. The predicted molar refractivity (Wildman–Crippen MR) is 108 cm³/mol. The van der Waals surface area contributed by atoms with Gasteiger partial charge >= 0.3 is 0 Å². The van der Waals surface area contributed by atoms with Crippen molar-refractivity contribution >= 4 is 28.8 Å². The van der Waals surface area contributed by atoms with Gasteiger partial charge in [0.05, 0.1) is 17.4 Å². The molecule has 1 heterocycles. The summed E-state index contributed by atoms with van der Waals surface area (Å²) in [5.74, 6) is -0.274. The Labute approximate surface area is 158 Å². The standard InChI is InChI=1S/C22H21N3O2/c1-14-4-9-21(15(2)10-14)24-20-11-18(12-23-13-20)22(27)25-19-7-5-17(6-8-19)16(3)26/h4-13,24H,1-3H3,(H,25,27). The third kappa shape index (κ3) is 4.58. The van der Waals surface area contributed by atoms with Gasteiger partial charge in [-0.15, -0.1) is 0 Å². The number of amides is 1. The van der Waals surface area contributed by atoms with Crippen molar-refractivity contribution in [2.75, 3.05) is 10.6 Å². The van der Waals surface area contributed by atoms with Crippen LogP contribution in [0.3, 0.4) is 0 Å². The topological polar surface area (TPSA) is 71.1 Å². The van der Waals surface area contributed by atoms with Gasteiger partial charge in [0, 0.05) is 23.1 Å². The fourth-order valence-electron chi connectivity index (χ4n) is 2.73. The number of pyridine rings is 1. The average molecular weight is 359 g/mol. The van der Waals surface area contributed by atoms with E-state index < -0.39 is 0 Å². The number of aromatic nitrogens is 1. The first-order valence-corrected chi connectivity index (χ1v) is 8.64. The summed E-state index contributed by atoms with van der Waals surface area (Å²) in [5, 5.41) is 6.11. The maximum absolute atomic E-state index is 12.5. The van der Waals surface area contributed by atoms with Crippen molar-refractivity contribution in [1.29, 1.82) is 0 Å². The lowest BCUT2D eigenvalue weighted by atomic mass is 10.1. The Bertz CT molecular complexity index is 995. The van der Waals surface area contributed by atoms with E-state index in [4.69, 9.17) is 0 Å². The number of ketones is 1. The molecular weight excluding hydrogens is 338 g/mol. The van der Waals surface area contributed by atoms with Crippen LogP contribution in [0.25, 0.3) is 0 Å². The molecule has 0 saturated heterocycles. The van der Waals surface area contributed by atoms with E-state index >= 15 is 0 Å². The van der Waals surface area contributed by atoms with E-state index in [1.54, 1.807) is 36.5 Å². The summed E-state index contributed by atoms with van der Waals surface area (Å²) >= 11 is 0. The quantitative estimate of drug-likeness (QED) is 0.636. The number of nitrogens with one attached hydrogen (secondary N) is 2. The zero-order chi connectivity index (χ0) is 19.4. The number of Topliss-reactive ketones (excluding diaryl/α,β-unsaturated/α-hetero) is 1. The molecule has 0 spiro atoms. The van der Waals surface area contributed by atoms with Crippen molar-refractivity contribution in [3.63, 3.8) is 0 Å². The van der Waals surface area contributed by atoms with Crippen molar-refractivity contribution in [3.8, 4) is 0 Å². The lowest BCUT2D eigenvalue weighted by Crippen LogP contribution is -2.12. The Morgan fingerprint density at radius 2 is 1.59 bits per heavy atom. The number of hydrogen-bond acceptors (Lipinski definition) is 4. The van der Waals surface area contributed by atoms with Crippen LogP contribution in [0.15, 0.2) is 60.9 Å². The monoisotopic (exact) mass is 359 g/mol. The second kappa shape index (κ2) is 7.83. The van der Waals surface area contributed by atoms with Gasteiger partial charge in [-0.1, -0.05) is 17.7 Å². The molecule has 3 rings (SSSR count). The lowest BCUT2D eigenvalue weighted by molar-refractivity contribution is 0.101. The van der Waals surface area contributed by atoms with Crippen LogP contribution in [0.1, 0.15) is 38.8 Å². The molecule has 0 saturated carbocycles. The smallest absolute Gasteiger partial charge is 0.257 e. The minimum Gasteiger partial charge on any atom is -0.354 e. The first kappa shape index (κ1) is 18.3. The van der Waals surface area contributed by atoms with Crippen molar-refractivity contribution in [2.45, 2.75) is 20.8 Å². The van der Waals surface area contributed by atoms with Gasteiger partial charge in [0.2, 0.25) is 0 Å². The molecule has 0 aliphatic rings. The Morgan fingerprint density at radius 3 is 2.26 bits per heavy atom. The predicted octanol–water partition coefficient (Wildman–Crippen LogP) is 4.90. The molecule has 136 valence electrons. The van der Waals surface area contributed by atoms with Crippen LogP contribution in [-0.4, -0.2) is 16.7 Å². The van der Waals surface area contributed by atoms with E-state index in [1.807, 2.05) is 26.0 Å². The summed E-state index contributed by atoms with van der Waals surface area (Å²) in [5.41, 5.74) is 5.70. The first-order valence-electron chi connectivity index (χ1n) is 8.64. The number of rotatable bonds is 5. The van der Waals surface area contributed by atoms with Gasteiger partial charge in [-0.3, -0.25) is 14.6 Å². The van der Waals surface area contributed by atoms with Gasteiger partial charge in [-0.25, -0.2) is 0 Å². The zero-order valence-corrected chi connectivity index (χ0v) is 15.5. The number of carbonyl (C=O) groups is 2. The van der Waals surface area contributed by atoms with E-state index in [0.29, 0.717) is 16.8 Å². The van der Waals surface area contributed by atoms with Crippen molar-refractivity contribution in [1.82, 2.24) is 4.98 Å². The van der Waals surface area contributed by atoms with Gasteiger partial charge in [-0.2, -0.15) is 0 Å². The number of nitrogens with zero attached hydrogens (tertiary/aromatic N) is 1. The Hall–Kier alpha value is -3.47. The maximum atomic E-state index is 12.5. The van der Waals surface area contributed by atoms with Gasteiger partial charge in [0.15, 0.2) is 5.78 Å². The van der Waals surface area contributed by atoms with Crippen LogP contribution in [0.4, 0.5) is 17.1 Å². The highest BCUT2D eigenvalue weighted by atomic mass is 16.1. The SMILES string of the molecule is CC(=O)c1ccc(NC(=O)c2cncc(Nc3ccc(C)cc3C)c2)cc1. The molecular formula is C22H21N3O2. The minimum atomic E-state index is -0.262. The van der Waals surface area contributed by atoms with E-state index in [-0.39, 0.29) is 11.7 Å². The van der Waals surface area contributed by atoms with Gasteiger partial charge < -0.3 is 10.6 Å². The second-order valence-electron chi connectivity index (χ2n) is 6.49. The van der Waals surface area contributed by atoms with Crippen molar-refractivity contribution in [3.05, 3.63) is 83.2 Å². The van der Waals surface area contributed by atoms with Crippen LogP contribution >= 0.6 is 0 Å². The number of benzene rings is 2. The van der Waals surface area contributed by atoms with Crippen LogP contribution in [0.5, 0.6) is 0 Å². The molecule has 1 amide bonds. The van der Waals surface area contributed by atoms with Crippen LogP contribution in [0.2, 0.25) is 0 Å². The lowest BCUT2D eigenvalue weighted by Gasteiger charge is -2.11. The molecule has 0 radical (unpaired) electrons. The fourth-order valence-corrected chi connectivity index (χ4v) is 2.73. The summed E-state index contributed by atoms with van der Waals surface area (Å²) in [4.78, 5) is 28.0. The molecule has 5 heteroatoms. The van der Waals surface area contributed by atoms with Crippen molar-refractivity contribution in [2.24, 2.45) is 0 Å². The molecule has 1 aromatic heterocycles. The number of anilines is 3. The minimum absolute atomic E-state index is 0.0118. The highest BCUT2D eigenvalue weighted by Crippen LogP contribution is 2.22. The molecule has 0 aliphatic carbocycles. The second-order valence-corrected chi connectivity index (χ2v) is 6.49. The summed E-state index contributed by atoms with van der Waals surface area (Å²) in [6.45, 7) is 5.59. The molecule has 0 fully saturated rings. The molecule has 0 aliphatic heterocycles. The Morgan fingerprint density at radius 1 is 0.852 bits per heavy atom. The number of carbonyl (C=O) groups excluding carboxylic acids is 2. The van der Waals surface area contributed by atoms with E-state index in [9.17, 15) is 9.59 Å². The third-order valence-electron chi connectivity index (χ3n) is 4.21. The molecule has 2 aromatic carbocycles. The van der Waals surface area contributed by atoms with Gasteiger partial charge in [0.1, 0.15) is 0 Å². The zero-order valence-electron chi connectivity index (χ0n) is 15.5. The van der Waals surface area contributed by atoms with Crippen molar-refractivity contribution < 1.29 is 9.59 Å². The fraction of sp³-hybridized carbons (Fsp3) is 0.136. The number of aryl methyl sites for hydroxylation is 2. The highest BCUT2D eigenvalue weighted by Gasteiger charge is 2.09. The normalized spacial score (nSPS) is 10.3. The Kier molecular flexibility index (Phi) is 5.31.